The lowest BCUT2D eigenvalue weighted by atomic mass is 9.49. The number of phenols is 1. The van der Waals surface area contributed by atoms with Crippen LogP contribution in [0, 0.1) is 35.5 Å². The first-order valence-electron chi connectivity index (χ1n) is 15.4. The van der Waals surface area contributed by atoms with Gasteiger partial charge < -0.3 is 31.5 Å². The highest BCUT2D eigenvalue weighted by Crippen LogP contribution is 2.54. The molecule has 0 aliphatic heterocycles. The number of benzene rings is 2. The molecular weight excluding hydrogens is 608 g/mol. The molecule has 3 aliphatic rings. The molecule has 6 atom stereocenters. The van der Waals surface area contributed by atoms with E-state index in [1.807, 2.05) is 0 Å². The molecule has 2 saturated carbocycles. The summed E-state index contributed by atoms with van der Waals surface area (Å²) in [6, 6.07) is 7.27. The number of rotatable bonds is 7. The van der Waals surface area contributed by atoms with E-state index >= 15 is 0 Å². The maximum Gasteiger partial charge on any atom is 0.319 e. The lowest BCUT2D eigenvalue weighted by Gasteiger charge is -2.52. The first kappa shape index (κ1) is 33.5. The molecule has 2 aromatic carbocycles. The minimum absolute atomic E-state index is 0.0194. The number of Topliss-reactive ketones (excluding diaryl/α,β-unsaturated/α-hetero) is 5. The Bertz CT molecular complexity index is 1730. The van der Waals surface area contributed by atoms with Crippen LogP contribution in [0.1, 0.15) is 59.0 Å². The zero-order chi connectivity index (χ0) is 34.7. The summed E-state index contributed by atoms with van der Waals surface area (Å²) < 4.78 is 0. The van der Waals surface area contributed by atoms with Crippen LogP contribution in [0.15, 0.2) is 30.3 Å². The van der Waals surface area contributed by atoms with Gasteiger partial charge in [-0.15, -0.1) is 0 Å². The van der Waals surface area contributed by atoms with Gasteiger partial charge in [0.15, 0.2) is 40.4 Å². The number of nitrogens with two attached hydrogens (primary N) is 1. The third-order valence-electron chi connectivity index (χ3n) is 9.84. The molecule has 0 saturated heterocycles. The lowest BCUT2D eigenvalue weighted by Crippen LogP contribution is -2.71. The van der Waals surface area contributed by atoms with E-state index in [1.165, 1.54) is 6.92 Å². The van der Waals surface area contributed by atoms with Crippen LogP contribution in [-0.4, -0.2) is 70.8 Å². The van der Waals surface area contributed by atoms with Crippen LogP contribution in [0.2, 0.25) is 0 Å². The van der Waals surface area contributed by atoms with Gasteiger partial charge >= 0.3 is 6.03 Å². The van der Waals surface area contributed by atoms with E-state index in [1.54, 1.807) is 63.2 Å². The third-order valence-corrected chi connectivity index (χ3v) is 9.84. The van der Waals surface area contributed by atoms with Gasteiger partial charge in [-0.3, -0.25) is 28.8 Å². The van der Waals surface area contributed by atoms with Crippen LogP contribution in [0.25, 0.3) is 0 Å². The van der Waals surface area contributed by atoms with Crippen molar-refractivity contribution in [2.75, 3.05) is 24.3 Å². The van der Waals surface area contributed by atoms with Crippen molar-refractivity contribution in [1.29, 1.82) is 0 Å². The Kier molecular flexibility index (Phi) is 8.56. The van der Waals surface area contributed by atoms with Crippen molar-refractivity contribution in [2.24, 2.45) is 41.2 Å². The lowest BCUT2D eigenvalue weighted by molar-refractivity contribution is -0.182. The fourth-order valence-electron chi connectivity index (χ4n) is 7.63. The maximum atomic E-state index is 14.2. The number of anilines is 2. The Balaban J connectivity index is 1.48. The number of aromatic hydroxyl groups is 1. The largest absolute Gasteiger partial charge is 0.507 e. The van der Waals surface area contributed by atoms with Gasteiger partial charge in [-0.2, -0.15) is 0 Å². The fourth-order valence-corrected chi connectivity index (χ4v) is 7.63. The van der Waals surface area contributed by atoms with Crippen LogP contribution >= 0.6 is 0 Å². The molecule has 0 bridgehead atoms. The molecule has 3 aliphatic carbocycles. The fraction of sp³-hybridized carbons (Fsp3) is 0.441. The normalized spacial score (nSPS) is 26.7. The van der Waals surface area contributed by atoms with Crippen LogP contribution in [0.3, 0.4) is 0 Å². The third kappa shape index (κ3) is 5.37. The van der Waals surface area contributed by atoms with Gasteiger partial charge in [0.2, 0.25) is 5.91 Å². The summed E-state index contributed by atoms with van der Waals surface area (Å²) in [4.78, 5) is 93.3. The van der Waals surface area contributed by atoms with Crippen molar-refractivity contribution < 1.29 is 43.8 Å². The zero-order valence-electron chi connectivity index (χ0n) is 26.7. The summed E-state index contributed by atoms with van der Waals surface area (Å²) in [5, 5.41) is 28.5. The number of carbonyl (C=O) groups is 7. The smallest absolute Gasteiger partial charge is 0.319 e. The van der Waals surface area contributed by atoms with Gasteiger partial charge in [0.1, 0.15) is 5.75 Å². The highest BCUT2D eigenvalue weighted by Gasteiger charge is 2.69. The van der Waals surface area contributed by atoms with E-state index < -0.39 is 81.9 Å². The van der Waals surface area contributed by atoms with Crippen LogP contribution < -0.4 is 21.3 Å². The molecule has 0 spiro atoms. The second-order valence-electron chi connectivity index (χ2n) is 13.2. The first-order chi connectivity index (χ1) is 22.0. The molecule has 6 N–H and O–H groups in total. The average molecular weight is 647 g/mol. The van der Waals surface area contributed by atoms with Gasteiger partial charge in [-0.25, -0.2) is 4.79 Å². The van der Waals surface area contributed by atoms with Crippen LogP contribution in [-0.2, 0) is 32.1 Å². The predicted octanol–water partition coefficient (Wildman–Crippen LogP) is 1.80. The Morgan fingerprint density at radius 3 is 2.26 bits per heavy atom. The van der Waals surface area contributed by atoms with E-state index in [0.717, 1.165) is 0 Å². The second-order valence-corrected chi connectivity index (χ2v) is 13.2. The van der Waals surface area contributed by atoms with Crippen molar-refractivity contribution in [3.8, 4) is 5.75 Å². The van der Waals surface area contributed by atoms with Crippen LogP contribution in [0.4, 0.5) is 16.2 Å². The van der Waals surface area contributed by atoms with Gasteiger partial charge in [0.05, 0.1) is 11.5 Å². The number of amides is 3. The quantitative estimate of drug-likeness (QED) is 0.217. The van der Waals surface area contributed by atoms with E-state index in [-0.39, 0.29) is 36.3 Å². The SMILES string of the molecule is CC(=O)c1ccc(NC(=O)NCc2cc(N(C)C)c3c(c2O)C(=O)C2C(=O)[C@]4(O)C(=O)C(C(N)=O)C(=O)[C@@H](C(C)C)[C@@H]4C[C@@H]2C3)cc1. The molecule has 0 radical (unpaired) electrons. The summed E-state index contributed by atoms with van der Waals surface area (Å²) in [6.07, 6.45) is 0.108. The molecule has 2 fully saturated rings. The number of fused-ring (bicyclic) bond motifs is 3. The minimum Gasteiger partial charge on any atom is -0.507 e. The maximum absolute atomic E-state index is 14.2. The summed E-state index contributed by atoms with van der Waals surface area (Å²) in [6.45, 7) is 4.60. The molecule has 2 aromatic rings. The molecule has 0 heterocycles. The van der Waals surface area contributed by atoms with Gasteiger partial charge in [0, 0.05) is 55.0 Å². The number of ketones is 5. The van der Waals surface area contributed by atoms with E-state index in [9.17, 15) is 43.8 Å². The average Bonchev–Trinajstić information content (AvgIpc) is 2.98. The van der Waals surface area contributed by atoms with Crippen molar-refractivity contribution >= 4 is 52.2 Å². The molecule has 13 nitrogen and oxygen atoms in total. The number of urea groups is 1. The van der Waals surface area contributed by atoms with Gasteiger partial charge in [-0.05, 0) is 67.5 Å². The predicted molar refractivity (Wildman–Crippen MR) is 169 cm³/mol. The van der Waals surface area contributed by atoms with Crippen LogP contribution in [0.5, 0.6) is 5.75 Å². The van der Waals surface area contributed by atoms with E-state index in [0.29, 0.717) is 22.5 Å². The summed E-state index contributed by atoms with van der Waals surface area (Å²) in [5.74, 6) is -12.6. The Morgan fingerprint density at radius 2 is 1.70 bits per heavy atom. The highest BCUT2D eigenvalue weighted by molar-refractivity contribution is 6.32. The molecule has 0 aromatic heterocycles. The van der Waals surface area contributed by atoms with Gasteiger partial charge in [-0.1, -0.05) is 13.8 Å². The van der Waals surface area contributed by atoms with E-state index in [4.69, 9.17) is 5.73 Å². The Hall–Kier alpha value is -4.91. The standard InChI is InChI=1S/C34H38N4O9/c1-14(2)23-21-11-17-10-20-22(38(4)5)12-18(13-36-33(46)37-19-8-6-16(7-9-19)15(3)39)27(40)25(20)29(42)24(17)30(43)34(21,47)31(44)26(28(23)41)32(35)45/h6-9,12,14,17,21,23-24,26,40,47H,10-11,13H2,1-5H3,(H2,35,45)(H2,36,37,46)/t17-,21-,23-,24?,26?,34-/m0/s1. The summed E-state index contributed by atoms with van der Waals surface area (Å²) in [5.41, 5.74) is 4.54. The number of aliphatic hydroxyl groups is 1. The Labute approximate surface area is 270 Å². The molecule has 3 amide bonds. The number of nitrogens with one attached hydrogen (secondary N) is 2. The molecule has 47 heavy (non-hydrogen) atoms. The van der Waals surface area contributed by atoms with E-state index in [2.05, 4.69) is 10.6 Å². The van der Waals surface area contributed by atoms with Crippen molar-refractivity contribution in [2.45, 2.75) is 45.8 Å². The number of carbonyl (C=O) groups excluding carboxylic acids is 7. The first-order valence-corrected chi connectivity index (χ1v) is 15.4. The van der Waals surface area contributed by atoms with Crippen molar-refractivity contribution in [1.82, 2.24) is 5.32 Å². The van der Waals surface area contributed by atoms with Gasteiger partial charge in [0.25, 0.3) is 0 Å². The topological polar surface area (TPSA) is 213 Å². The molecular formula is C34H38N4O9. The number of hydrogen-bond acceptors (Lipinski definition) is 10. The second kappa shape index (κ2) is 12.0. The Morgan fingerprint density at radius 1 is 1.06 bits per heavy atom. The molecule has 13 heteroatoms. The van der Waals surface area contributed by atoms with Crippen molar-refractivity contribution in [3.05, 3.63) is 52.6 Å². The molecule has 5 rings (SSSR count). The highest BCUT2D eigenvalue weighted by atomic mass is 16.3. The minimum atomic E-state index is -2.78. The number of phenolic OH excluding ortho intramolecular Hbond substituents is 1. The number of nitrogens with zero attached hydrogens (tertiary/aromatic N) is 1. The number of primary amides is 1. The number of hydrogen-bond donors (Lipinski definition) is 5. The monoisotopic (exact) mass is 646 g/mol. The zero-order valence-corrected chi connectivity index (χ0v) is 26.7. The van der Waals surface area contributed by atoms with Crippen molar-refractivity contribution in [3.63, 3.8) is 0 Å². The molecule has 2 unspecified atom stereocenters. The summed E-state index contributed by atoms with van der Waals surface area (Å²) >= 11 is 0. The summed E-state index contributed by atoms with van der Waals surface area (Å²) in [7, 11) is 3.47. The molecule has 248 valence electrons.